The summed E-state index contributed by atoms with van der Waals surface area (Å²) in [6.07, 6.45) is 6.59. The number of pyridine rings is 1. The first-order valence-electron chi connectivity index (χ1n) is 8.14. The van der Waals surface area contributed by atoms with Gasteiger partial charge in [-0.25, -0.2) is 19.1 Å². The van der Waals surface area contributed by atoms with Crippen molar-refractivity contribution in [3.8, 4) is 0 Å². The number of carbonyl (C=O) groups is 1. The van der Waals surface area contributed by atoms with Gasteiger partial charge in [-0.2, -0.15) is 10.2 Å². The minimum Gasteiger partial charge on any atom is -0.333 e. The Kier molecular flexibility index (Phi) is 4.11. The molecule has 1 aliphatic rings. The van der Waals surface area contributed by atoms with Crippen LogP contribution in [0.5, 0.6) is 0 Å². The van der Waals surface area contributed by atoms with E-state index in [0.29, 0.717) is 18.9 Å². The average molecular weight is 338 g/mol. The molecular formula is C16H18N8O. The lowest BCUT2D eigenvalue weighted by Gasteiger charge is -2.23. The van der Waals surface area contributed by atoms with Crippen LogP contribution in [0.3, 0.4) is 0 Å². The van der Waals surface area contributed by atoms with Crippen molar-refractivity contribution in [3.63, 3.8) is 0 Å². The van der Waals surface area contributed by atoms with Crippen molar-refractivity contribution in [2.45, 2.75) is 32.0 Å². The highest BCUT2D eigenvalue weighted by Crippen LogP contribution is 2.12. The molecule has 4 heterocycles. The molecule has 3 aromatic rings. The van der Waals surface area contributed by atoms with Gasteiger partial charge in [-0.3, -0.25) is 10.3 Å². The number of nitrogens with zero attached hydrogens (tertiary/aromatic N) is 6. The topological polar surface area (TPSA) is 103 Å². The Balaban J connectivity index is 1.36. The third-order valence-electron chi connectivity index (χ3n) is 4.14. The van der Waals surface area contributed by atoms with E-state index in [-0.39, 0.29) is 12.1 Å². The second kappa shape index (κ2) is 6.71. The monoisotopic (exact) mass is 338 g/mol. The van der Waals surface area contributed by atoms with Crippen molar-refractivity contribution in [1.29, 1.82) is 0 Å². The van der Waals surface area contributed by atoms with Gasteiger partial charge in [0.25, 0.3) is 0 Å². The van der Waals surface area contributed by atoms with Crippen molar-refractivity contribution in [2.75, 3.05) is 5.32 Å². The Hall–Kier alpha value is -3.23. The number of aromatic nitrogens is 6. The van der Waals surface area contributed by atoms with E-state index in [0.717, 1.165) is 24.4 Å². The summed E-state index contributed by atoms with van der Waals surface area (Å²) in [5, 5.41) is 14.2. The Morgan fingerprint density at radius 3 is 3.04 bits per heavy atom. The zero-order valence-electron chi connectivity index (χ0n) is 13.5. The van der Waals surface area contributed by atoms with Crippen LogP contribution in [0.2, 0.25) is 0 Å². The Morgan fingerprint density at radius 1 is 1.20 bits per heavy atom. The van der Waals surface area contributed by atoms with Gasteiger partial charge in [0.2, 0.25) is 0 Å². The van der Waals surface area contributed by atoms with Crippen LogP contribution in [0, 0.1) is 0 Å². The smallest absolute Gasteiger partial charge is 0.320 e. The maximum Gasteiger partial charge on any atom is 0.320 e. The fraction of sp³-hybridized carbons (Fsp3) is 0.312. The molecule has 0 saturated carbocycles. The molecule has 3 aromatic heterocycles. The van der Waals surface area contributed by atoms with E-state index in [2.05, 4.69) is 30.8 Å². The summed E-state index contributed by atoms with van der Waals surface area (Å²) in [5.41, 5.74) is 0.876. The largest absolute Gasteiger partial charge is 0.333 e. The highest BCUT2D eigenvalue weighted by molar-refractivity contribution is 5.88. The lowest BCUT2D eigenvalue weighted by Crippen LogP contribution is -2.43. The maximum atomic E-state index is 12.3. The molecule has 1 atom stereocenters. The van der Waals surface area contributed by atoms with E-state index in [9.17, 15) is 4.79 Å². The summed E-state index contributed by atoms with van der Waals surface area (Å²) in [6, 6.07) is 7.25. The maximum absolute atomic E-state index is 12.3. The van der Waals surface area contributed by atoms with E-state index in [1.54, 1.807) is 29.5 Å². The van der Waals surface area contributed by atoms with E-state index < -0.39 is 0 Å². The lowest BCUT2D eigenvalue weighted by molar-refractivity contribution is 0.243. The number of aryl methyl sites for hydroxylation is 1. The molecule has 0 spiro atoms. The highest BCUT2D eigenvalue weighted by atomic mass is 16.2. The number of carbonyl (C=O) groups excluding carboxylic acids is 1. The minimum atomic E-state index is -0.253. The van der Waals surface area contributed by atoms with Crippen LogP contribution in [-0.2, 0) is 19.5 Å². The molecule has 2 amide bonds. The van der Waals surface area contributed by atoms with Gasteiger partial charge in [-0.1, -0.05) is 6.07 Å². The molecular weight excluding hydrogens is 320 g/mol. The third kappa shape index (κ3) is 3.49. The summed E-state index contributed by atoms with van der Waals surface area (Å²) in [4.78, 5) is 20.8. The Morgan fingerprint density at radius 2 is 2.16 bits per heavy atom. The molecule has 25 heavy (non-hydrogen) atoms. The van der Waals surface area contributed by atoms with Crippen LogP contribution in [0.15, 0.2) is 43.0 Å². The van der Waals surface area contributed by atoms with Crippen LogP contribution in [-0.4, -0.2) is 41.6 Å². The standard InChI is InChI=1S/C16H18N8O/c25-16(21-13-4-5-14-18-11-20-23(14)10-13)22-15-6-8-19-24(15)9-12-3-1-2-7-17-12/h1-3,6-8,11,13H,4-5,9-10H2,(H2,21,22,25)/t13-/m1/s1. The van der Waals surface area contributed by atoms with Crippen molar-refractivity contribution >= 4 is 11.8 Å². The second-order valence-electron chi connectivity index (χ2n) is 5.89. The first-order valence-corrected chi connectivity index (χ1v) is 8.14. The molecule has 1 aliphatic heterocycles. The predicted octanol–water partition coefficient (Wildman–Crippen LogP) is 1.05. The minimum absolute atomic E-state index is 0.0290. The number of hydrogen-bond acceptors (Lipinski definition) is 5. The molecule has 128 valence electrons. The van der Waals surface area contributed by atoms with Gasteiger partial charge >= 0.3 is 6.03 Å². The van der Waals surface area contributed by atoms with E-state index >= 15 is 0 Å². The van der Waals surface area contributed by atoms with E-state index in [4.69, 9.17) is 0 Å². The number of hydrogen-bond donors (Lipinski definition) is 2. The molecule has 4 rings (SSSR count). The first-order chi connectivity index (χ1) is 12.3. The van der Waals surface area contributed by atoms with Crippen LogP contribution in [0.25, 0.3) is 0 Å². The summed E-state index contributed by atoms with van der Waals surface area (Å²) in [6.45, 7) is 1.13. The molecule has 0 unspecified atom stereocenters. The van der Waals surface area contributed by atoms with Crippen LogP contribution in [0.1, 0.15) is 17.9 Å². The van der Waals surface area contributed by atoms with Gasteiger partial charge in [0.15, 0.2) is 0 Å². The predicted molar refractivity (Wildman–Crippen MR) is 89.9 cm³/mol. The molecule has 0 saturated heterocycles. The van der Waals surface area contributed by atoms with Crippen molar-refractivity contribution < 1.29 is 4.79 Å². The van der Waals surface area contributed by atoms with Crippen molar-refractivity contribution in [1.82, 2.24) is 34.8 Å². The number of urea groups is 1. The van der Waals surface area contributed by atoms with Gasteiger partial charge in [0.1, 0.15) is 18.0 Å². The zero-order valence-corrected chi connectivity index (χ0v) is 13.5. The van der Waals surface area contributed by atoms with Gasteiger partial charge in [0.05, 0.1) is 31.0 Å². The quantitative estimate of drug-likeness (QED) is 0.740. The number of rotatable bonds is 4. The Labute approximate surface area is 144 Å². The number of amides is 2. The number of anilines is 1. The third-order valence-corrected chi connectivity index (χ3v) is 4.14. The van der Waals surface area contributed by atoms with Gasteiger partial charge in [0, 0.05) is 18.7 Å². The van der Waals surface area contributed by atoms with Crippen molar-refractivity contribution in [3.05, 3.63) is 54.5 Å². The number of nitrogens with one attached hydrogen (secondary N) is 2. The molecule has 2 N–H and O–H groups in total. The van der Waals surface area contributed by atoms with Crippen LogP contribution < -0.4 is 10.6 Å². The number of fused-ring (bicyclic) bond motifs is 1. The lowest BCUT2D eigenvalue weighted by atomic mass is 10.1. The Bertz CT molecular complexity index is 856. The molecule has 0 fully saturated rings. The molecule has 0 bridgehead atoms. The normalized spacial score (nSPS) is 16.2. The average Bonchev–Trinajstić information content (AvgIpc) is 3.25. The van der Waals surface area contributed by atoms with E-state index in [1.807, 2.05) is 22.9 Å². The van der Waals surface area contributed by atoms with Gasteiger partial charge in [-0.15, -0.1) is 0 Å². The first kappa shape index (κ1) is 15.3. The molecule has 0 aromatic carbocycles. The second-order valence-corrected chi connectivity index (χ2v) is 5.89. The zero-order chi connectivity index (χ0) is 17.1. The van der Waals surface area contributed by atoms with Crippen molar-refractivity contribution in [2.24, 2.45) is 0 Å². The summed E-state index contributed by atoms with van der Waals surface area (Å²) >= 11 is 0. The van der Waals surface area contributed by atoms with E-state index in [1.165, 1.54) is 0 Å². The molecule has 9 heteroatoms. The molecule has 9 nitrogen and oxygen atoms in total. The van der Waals surface area contributed by atoms with Crippen LogP contribution in [0.4, 0.5) is 10.6 Å². The van der Waals surface area contributed by atoms with Gasteiger partial charge in [-0.05, 0) is 18.6 Å². The highest BCUT2D eigenvalue weighted by Gasteiger charge is 2.21. The fourth-order valence-corrected chi connectivity index (χ4v) is 2.90. The summed E-state index contributed by atoms with van der Waals surface area (Å²) in [7, 11) is 0. The molecule has 0 aliphatic carbocycles. The van der Waals surface area contributed by atoms with Crippen LogP contribution >= 0.6 is 0 Å². The molecule has 0 radical (unpaired) electrons. The van der Waals surface area contributed by atoms with Gasteiger partial charge < -0.3 is 5.32 Å². The SMILES string of the molecule is O=C(Nc1ccnn1Cc1ccccn1)N[C@@H]1CCc2ncnn2C1. The summed E-state index contributed by atoms with van der Waals surface area (Å²) in [5.74, 6) is 1.59. The fourth-order valence-electron chi connectivity index (χ4n) is 2.90. The summed E-state index contributed by atoms with van der Waals surface area (Å²) < 4.78 is 3.54.